The Morgan fingerprint density at radius 3 is 2.47 bits per heavy atom. The number of carbonyl (C=O) groups excluding carboxylic acids is 2. The van der Waals surface area contributed by atoms with Crippen LogP contribution in [0.1, 0.15) is 72.6 Å². The van der Waals surface area contributed by atoms with E-state index in [0.717, 1.165) is 12.0 Å². The number of cyclic esters (lactones) is 1. The molecule has 5 rings (SSSR count). The third-order valence-corrected chi connectivity index (χ3v) is 12.6. The van der Waals surface area contributed by atoms with Crippen molar-refractivity contribution in [1.29, 1.82) is 0 Å². The first-order chi connectivity index (χ1) is 17.6. The molecule has 0 amide bonds. The fourth-order valence-electron chi connectivity index (χ4n) is 10.5. The van der Waals surface area contributed by atoms with Crippen molar-refractivity contribution in [2.24, 2.45) is 38.9 Å². The molecule has 4 fully saturated rings. The van der Waals surface area contributed by atoms with Gasteiger partial charge in [0.05, 0.1) is 36.4 Å². The SMILES string of the molecule is C=C1CCC2(C)CCC3(C)C4C(O)C(O)C5(C(C)O)COC(=O)C=CC5C4(C)CCC3(C(=O)OC)C2(O)C1. The highest BCUT2D eigenvalue weighted by Crippen LogP contribution is 2.78. The molecule has 38 heavy (non-hydrogen) atoms. The van der Waals surface area contributed by atoms with Crippen molar-refractivity contribution < 1.29 is 39.5 Å². The summed E-state index contributed by atoms with van der Waals surface area (Å²) in [6.45, 7) is 11.6. The Labute approximate surface area is 225 Å². The second-order valence-electron chi connectivity index (χ2n) is 13.8. The van der Waals surface area contributed by atoms with Gasteiger partial charge in [-0.05, 0) is 80.0 Å². The number of allylic oxidation sites excluding steroid dienone is 1. The topological polar surface area (TPSA) is 134 Å². The molecule has 4 aliphatic carbocycles. The molecule has 212 valence electrons. The summed E-state index contributed by atoms with van der Waals surface area (Å²) in [5.41, 5.74) is -5.46. The summed E-state index contributed by atoms with van der Waals surface area (Å²) in [6, 6.07) is 0. The highest BCUT2D eigenvalue weighted by molar-refractivity contribution is 5.83. The van der Waals surface area contributed by atoms with Crippen LogP contribution in [0.15, 0.2) is 24.3 Å². The number of aliphatic hydroxyl groups excluding tert-OH is 3. The lowest BCUT2D eigenvalue weighted by Crippen LogP contribution is -2.80. The van der Waals surface area contributed by atoms with E-state index in [4.69, 9.17) is 9.47 Å². The first-order valence-electron chi connectivity index (χ1n) is 14.0. The summed E-state index contributed by atoms with van der Waals surface area (Å²) in [5.74, 6) is -2.22. The predicted molar refractivity (Wildman–Crippen MR) is 138 cm³/mol. The molecule has 0 radical (unpaired) electrons. The molecule has 5 aliphatic rings. The average Bonchev–Trinajstić information content (AvgIpc) is 3.04. The average molecular weight is 533 g/mol. The second kappa shape index (κ2) is 8.38. The number of fused-ring (bicyclic) bond motifs is 7. The summed E-state index contributed by atoms with van der Waals surface area (Å²) >= 11 is 0. The summed E-state index contributed by atoms with van der Waals surface area (Å²) in [6.07, 6.45) is 2.88. The van der Waals surface area contributed by atoms with Gasteiger partial charge in [-0.1, -0.05) is 39.0 Å². The van der Waals surface area contributed by atoms with Gasteiger partial charge in [-0.15, -0.1) is 0 Å². The monoisotopic (exact) mass is 532 g/mol. The number of ether oxygens (including phenoxy) is 2. The molecular formula is C30H44O8. The molecule has 0 aromatic carbocycles. The van der Waals surface area contributed by atoms with E-state index in [-0.39, 0.29) is 13.0 Å². The Morgan fingerprint density at radius 2 is 1.84 bits per heavy atom. The maximum absolute atomic E-state index is 14.1. The van der Waals surface area contributed by atoms with Gasteiger partial charge in [0.1, 0.15) is 12.0 Å². The number of methoxy groups -OCH3 is 1. The standard InChI is InChI=1S/C30H44O8/c1-17-9-10-25(3)11-13-27(5)22-21(33)23(34)28(18(2)31)16-38-20(32)8-7-19(28)26(22,4)12-14-29(27,24(35)37-6)30(25,36)15-17/h7-8,18-19,21-23,31,33-34,36H,1,9-16H2,2-6H3. The van der Waals surface area contributed by atoms with Gasteiger partial charge in [0.25, 0.3) is 0 Å². The van der Waals surface area contributed by atoms with Gasteiger partial charge in [0.15, 0.2) is 0 Å². The van der Waals surface area contributed by atoms with Crippen LogP contribution in [0.3, 0.4) is 0 Å². The van der Waals surface area contributed by atoms with E-state index < -0.39 is 74.8 Å². The molecule has 4 N–H and O–H groups in total. The first kappa shape index (κ1) is 27.8. The van der Waals surface area contributed by atoms with Crippen molar-refractivity contribution >= 4 is 11.9 Å². The van der Waals surface area contributed by atoms with Gasteiger partial charge in [-0.3, -0.25) is 4.79 Å². The molecule has 8 nitrogen and oxygen atoms in total. The van der Waals surface area contributed by atoms with Crippen LogP contribution in [0.25, 0.3) is 0 Å². The lowest BCUT2D eigenvalue weighted by molar-refractivity contribution is -0.336. The van der Waals surface area contributed by atoms with E-state index in [9.17, 15) is 30.0 Å². The Balaban J connectivity index is 1.76. The van der Waals surface area contributed by atoms with Crippen LogP contribution < -0.4 is 0 Å². The molecule has 0 spiro atoms. The second-order valence-corrected chi connectivity index (χ2v) is 13.8. The van der Waals surface area contributed by atoms with E-state index in [0.29, 0.717) is 32.1 Å². The third-order valence-electron chi connectivity index (χ3n) is 12.6. The van der Waals surface area contributed by atoms with Gasteiger partial charge in [0, 0.05) is 6.08 Å². The zero-order valence-corrected chi connectivity index (χ0v) is 23.3. The zero-order chi connectivity index (χ0) is 28.1. The minimum atomic E-state index is -1.45. The van der Waals surface area contributed by atoms with Crippen molar-refractivity contribution in [2.75, 3.05) is 13.7 Å². The molecule has 4 saturated carbocycles. The quantitative estimate of drug-likeness (QED) is 0.315. The van der Waals surface area contributed by atoms with E-state index in [1.54, 1.807) is 13.0 Å². The van der Waals surface area contributed by atoms with Crippen molar-refractivity contribution in [1.82, 2.24) is 0 Å². The number of hydrogen-bond acceptors (Lipinski definition) is 8. The van der Waals surface area contributed by atoms with E-state index >= 15 is 0 Å². The summed E-state index contributed by atoms with van der Waals surface area (Å²) < 4.78 is 10.9. The molecule has 0 aromatic heterocycles. The van der Waals surface area contributed by atoms with Crippen LogP contribution in [0.4, 0.5) is 0 Å². The predicted octanol–water partition coefficient (Wildman–Crippen LogP) is 2.67. The zero-order valence-electron chi connectivity index (χ0n) is 23.3. The molecule has 1 aliphatic heterocycles. The number of carbonyl (C=O) groups is 2. The fraction of sp³-hybridized carbons (Fsp3) is 0.800. The molecule has 8 heteroatoms. The fourth-order valence-corrected chi connectivity index (χ4v) is 10.5. The smallest absolute Gasteiger partial charge is 0.330 e. The largest absolute Gasteiger partial charge is 0.468 e. The highest BCUT2D eigenvalue weighted by Gasteiger charge is 2.81. The summed E-state index contributed by atoms with van der Waals surface area (Å²) in [7, 11) is 1.35. The van der Waals surface area contributed by atoms with Crippen molar-refractivity contribution in [3.05, 3.63) is 24.3 Å². The van der Waals surface area contributed by atoms with Crippen LogP contribution in [0.5, 0.6) is 0 Å². The van der Waals surface area contributed by atoms with Crippen LogP contribution >= 0.6 is 0 Å². The number of aliphatic hydroxyl groups is 4. The van der Waals surface area contributed by atoms with Crippen LogP contribution in [-0.2, 0) is 19.1 Å². The Bertz CT molecular complexity index is 1080. The molecule has 11 atom stereocenters. The minimum Gasteiger partial charge on any atom is -0.468 e. The highest BCUT2D eigenvalue weighted by atomic mass is 16.5. The first-order valence-corrected chi connectivity index (χ1v) is 14.0. The van der Waals surface area contributed by atoms with Gasteiger partial charge < -0.3 is 29.9 Å². The van der Waals surface area contributed by atoms with Gasteiger partial charge in [-0.2, -0.15) is 0 Å². The molecular weight excluding hydrogens is 488 g/mol. The van der Waals surface area contributed by atoms with Crippen molar-refractivity contribution in [3.63, 3.8) is 0 Å². The molecule has 11 unspecified atom stereocenters. The van der Waals surface area contributed by atoms with Gasteiger partial charge in [0.2, 0.25) is 0 Å². The lowest BCUT2D eigenvalue weighted by Gasteiger charge is -2.75. The van der Waals surface area contributed by atoms with E-state index in [2.05, 4.69) is 13.5 Å². The minimum absolute atomic E-state index is 0.234. The number of esters is 2. The summed E-state index contributed by atoms with van der Waals surface area (Å²) in [4.78, 5) is 26.4. The Hall–Kier alpha value is -1.74. The van der Waals surface area contributed by atoms with Crippen molar-refractivity contribution in [2.45, 2.75) is 96.6 Å². The molecule has 0 bridgehead atoms. The van der Waals surface area contributed by atoms with Gasteiger partial charge in [-0.25, -0.2) is 4.79 Å². The lowest BCUT2D eigenvalue weighted by atomic mass is 9.29. The maximum atomic E-state index is 14.1. The molecule has 0 aromatic rings. The van der Waals surface area contributed by atoms with E-state index in [1.807, 2.05) is 13.8 Å². The maximum Gasteiger partial charge on any atom is 0.330 e. The summed E-state index contributed by atoms with van der Waals surface area (Å²) in [5, 5.41) is 47.7. The Kier molecular flexibility index (Phi) is 6.14. The van der Waals surface area contributed by atoms with Gasteiger partial charge >= 0.3 is 11.9 Å². The van der Waals surface area contributed by atoms with Crippen molar-refractivity contribution in [3.8, 4) is 0 Å². The van der Waals surface area contributed by atoms with E-state index in [1.165, 1.54) is 13.2 Å². The normalized spacial score (nSPS) is 52.9. The molecule has 0 saturated heterocycles. The van der Waals surface area contributed by atoms with Crippen LogP contribution in [0.2, 0.25) is 0 Å². The number of hydrogen-bond donors (Lipinski definition) is 4. The van der Waals surface area contributed by atoms with Crippen LogP contribution in [0, 0.1) is 38.9 Å². The third kappa shape index (κ3) is 2.95. The molecule has 1 heterocycles. The number of rotatable bonds is 2. The Morgan fingerprint density at radius 1 is 1.16 bits per heavy atom. The van der Waals surface area contributed by atoms with Crippen LogP contribution in [-0.4, -0.2) is 70.0 Å².